The number of allylic oxidation sites excluding steroid dienone is 7. The predicted molar refractivity (Wildman–Crippen MR) is 59.1 cm³/mol. The van der Waals surface area contributed by atoms with E-state index in [1.165, 1.54) is 6.08 Å². The molecule has 0 saturated carbocycles. The summed E-state index contributed by atoms with van der Waals surface area (Å²) >= 11 is 0. The standard InChI is InChI=1S/C12H16O2/c1-2-3-4-5-6-7-8-9-10-11-12(13)14/h2-5,8-11H,6-7H2,1H3,(H,13,14). The summed E-state index contributed by atoms with van der Waals surface area (Å²) in [7, 11) is 0. The van der Waals surface area contributed by atoms with E-state index in [4.69, 9.17) is 5.11 Å². The zero-order valence-corrected chi connectivity index (χ0v) is 8.39. The summed E-state index contributed by atoms with van der Waals surface area (Å²) in [4.78, 5) is 10.1. The van der Waals surface area contributed by atoms with Gasteiger partial charge in [-0.3, -0.25) is 0 Å². The van der Waals surface area contributed by atoms with Gasteiger partial charge in [-0.05, 0) is 19.8 Å². The molecule has 0 amide bonds. The number of hydrogen-bond acceptors (Lipinski definition) is 1. The minimum absolute atomic E-state index is 0.914. The molecule has 76 valence electrons. The number of hydrogen-bond donors (Lipinski definition) is 1. The van der Waals surface area contributed by atoms with Crippen molar-refractivity contribution in [3.63, 3.8) is 0 Å². The first-order chi connectivity index (χ1) is 6.77. The molecule has 0 atom stereocenters. The summed E-state index contributed by atoms with van der Waals surface area (Å²) < 4.78 is 0. The highest BCUT2D eigenvalue weighted by Crippen LogP contribution is 1.93. The van der Waals surface area contributed by atoms with Gasteiger partial charge in [-0.1, -0.05) is 42.5 Å². The van der Waals surface area contributed by atoms with Crippen molar-refractivity contribution in [2.75, 3.05) is 0 Å². The SMILES string of the molecule is CC=CC=CCCC=CC=CC(=O)O. The highest BCUT2D eigenvalue weighted by atomic mass is 16.4. The number of carboxylic acid groups (broad SMARTS) is 1. The average molecular weight is 192 g/mol. The van der Waals surface area contributed by atoms with E-state index in [1.807, 2.05) is 31.2 Å². The van der Waals surface area contributed by atoms with Gasteiger partial charge in [0, 0.05) is 6.08 Å². The normalized spacial score (nSPS) is 12.6. The first-order valence-electron chi connectivity index (χ1n) is 4.61. The van der Waals surface area contributed by atoms with Gasteiger partial charge in [-0.15, -0.1) is 0 Å². The van der Waals surface area contributed by atoms with Crippen LogP contribution in [-0.2, 0) is 4.79 Å². The van der Waals surface area contributed by atoms with Crippen molar-refractivity contribution in [2.24, 2.45) is 0 Å². The minimum atomic E-state index is -0.914. The molecule has 0 aliphatic heterocycles. The highest BCUT2D eigenvalue weighted by Gasteiger charge is 1.80. The highest BCUT2D eigenvalue weighted by molar-refractivity contribution is 5.80. The van der Waals surface area contributed by atoms with Crippen molar-refractivity contribution in [1.29, 1.82) is 0 Å². The molecule has 0 bridgehead atoms. The Morgan fingerprint density at radius 3 is 2.14 bits per heavy atom. The van der Waals surface area contributed by atoms with E-state index in [0.717, 1.165) is 18.9 Å². The second kappa shape index (κ2) is 9.52. The van der Waals surface area contributed by atoms with Crippen LogP contribution < -0.4 is 0 Å². The Morgan fingerprint density at radius 1 is 1.07 bits per heavy atom. The van der Waals surface area contributed by atoms with E-state index in [1.54, 1.807) is 6.08 Å². The number of unbranched alkanes of at least 4 members (excludes halogenated alkanes) is 1. The summed E-state index contributed by atoms with van der Waals surface area (Å²) in [5, 5.41) is 8.27. The van der Waals surface area contributed by atoms with Crippen LogP contribution >= 0.6 is 0 Å². The first kappa shape index (κ1) is 12.4. The van der Waals surface area contributed by atoms with Crippen LogP contribution in [-0.4, -0.2) is 11.1 Å². The van der Waals surface area contributed by atoms with Gasteiger partial charge in [-0.25, -0.2) is 4.79 Å². The molecule has 0 rings (SSSR count). The third-order valence-corrected chi connectivity index (χ3v) is 1.43. The van der Waals surface area contributed by atoms with Gasteiger partial charge in [0.25, 0.3) is 0 Å². The monoisotopic (exact) mass is 192 g/mol. The van der Waals surface area contributed by atoms with Crippen LogP contribution in [0.5, 0.6) is 0 Å². The predicted octanol–water partition coefficient (Wildman–Crippen LogP) is 3.10. The maximum atomic E-state index is 10.1. The Bertz CT molecular complexity index is 257. The molecule has 0 aromatic heterocycles. The Morgan fingerprint density at radius 2 is 1.64 bits per heavy atom. The summed E-state index contributed by atoms with van der Waals surface area (Å²) in [6.07, 6.45) is 16.3. The first-order valence-corrected chi connectivity index (χ1v) is 4.61. The van der Waals surface area contributed by atoms with Crippen LogP contribution in [0.4, 0.5) is 0 Å². The molecule has 0 aliphatic carbocycles. The van der Waals surface area contributed by atoms with Crippen molar-refractivity contribution in [2.45, 2.75) is 19.8 Å². The molecular weight excluding hydrogens is 176 g/mol. The fraction of sp³-hybridized carbons (Fsp3) is 0.250. The molecular formula is C12H16O2. The van der Waals surface area contributed by atoms with Crippen LogP contribution in [0, 0.1) is 0 Å². The van der Waals surface area contributed by atoms with Crippen LogP contribution in [0.15, 0.2) is 48.6 Å². The van der Waals surface area contributed by atoms with Gasteiger partial charge >= 0.3 is 5.97 Å². The second-order valence-corrected chi connectivity index (χ2v) is 2.66. The Balaban J connectivity index is 3.49. The summed E-state index contributed by atoms with van der Waals surface area (Å²) in [6.45, 7) is 1.97. The zero-order valence-electron chi connectivity index (χ0n) is 8.39. The summed E-state index contributed by atoms with van der Waals surface area (Å²) in [6, 6.07) is 0. The van der Waals surface area contributed by atoms with Crippen molar-refractivity contribution in [3.05, 3.63) is 48.6 Å². The lowest BCUT2D eigenvalue weighted by atomic mass is 10.2. The van der Waals surface area contributed by atoms with Crippen LogP contribution in [0.3, 0.4) is 0 Å². The molecule has 0 spiro atoms. The van der Waals surface area contributed by atoms with E-state index in [9.17, 15) is 4.79 Å². The molecule has 0 radical (unpaired) electrons. The summed E-state index contributed by atoms with van der Waals surface area (Å²) in [5.41, 5.74) is 0. The third kappa shape index (κ3) is 10.4. The topological polar surface area (TPSA) is 37.3 Å². The summed E-state index contributed by atoms with van der Waals surface area (Å²) in [5.74, 6) is -0.914. The zero-order chi connectivity index (χ0) is 10.6. The Hall–Kier alpha value is -1.57. The fourth-order valence-corrected chi connectivity index (χ4v) is 0.791. The molecule has 0 saturated heterocycles. The van der Waals surface area contributed by atoms with Gasteiger partial charge in [0.1, 0.15) is 0 Å². The molecule has 0 heterocycles. The van der Waals surface area contributed by atoms with Crippen LogP contribution in [0.1, 0.15) is 19.8 Å². The van der Waals surface area contributed by atoms with Gasteiger partial charge in [0.15, 0.2) is 0 Å². The van der Waals surface area contributed by atoms with Gasteiger partial charge in [-0.2, -0.15) is 0 Å². The van der Waals surface area contributed by atoms with Gasteiger partial charge < -0.3 is 5.11 Å². The van der Waals surface area contributed by atoms with E-state index < -0.39 is 5.97 Å². The van der Waals surface area contributed by atoms with Crippen molar-refractivity contribution in [3.8, 4) is 0 Å². The smallest absolute Gasteiger partial charge is 0.328 e. The molecule has 0 aromatic rings. The molecule has 0 fully saturated rings. The molecule has 2 heteroatoms. The quantitative estimate of drug-likeness (QED) is 0.399. The number of rotatable bonds is 6. The fourth-order valence-electron chi connectivity index (χ4n) is 0.791. The van der Waals surface area contributed by atoms with Gasteiger partial charge in [0.2, 0.25) is 0 Å². The Labute approximate surface area is 85.0 Å². The maximum Gasteiger partial charge on any atom is 0.328 e. The number of aliphatic carboxylic acids is 1. The van der Waals surface area contributed by atoms with Crippen LogP contribution in [0.25, 0.3) is 0 Å². The molecule has 1 N–H and O–H groups in total. The molecule has 2 nitrogen and oxygen atoms in total. The van der Waals surface area contributed by atoms with E-state index >= 15 is 0 Å². The van der Waals surface area contributed by atoms with Crippen molar-refractivity contribution in [1.82, 2.24) is 0 Å². The number of carbonyl (C=O) groups is 1. The van der Waals surface area contributed by atoms with Gasteiger partial charge in [0.05, 0.1) is 0 Å². The lowest BCUT2D eigenvalue weighted by molar-refractivity contribution is -0.131. The van der Waals surface area contributed by atoms with Crippen LogP contribution in [0.2, 0.25) is 0 Å². The van der Waals surface area contributed by atoms with Crippen molar-refractivity contribution < 1.29 is 9.90 Å². The Kier molecular flexibility index (Phi) is 8.45. The maximum absolute atomic E-state index is 10.1. The second-order valence-electron chi connectivity index (χ2n) is 2.66. The lowest BCUT2D eigenvalue weighted by Gasteiger charge is -1.83. The van der Waals surface area contributed by atoms with E-state index in [0.29, 0.717) is 0 Å². The molecule has 0 aromatic carbocycles. The average Bonchev–Trinajstić information content (AvgIpc) is 2.15. The largest absolute Gasteiger partial charge is 0.478 e. The van der Waals surface area contributed by atoms with E-state index in [-0.39, 0.29) is 0 Å². The van der Waals surface area contributed by atoms with E-state index in [2.05, 4.69) is 6.08 Å². The molecule has 0 aliphatic rings. The number of carboxylic acids is 1. The third-order valence-electron chi connectivity index (χ3n) is 1.43. The molecule has 0 unspecified atom stereocenters. The van der Waals surface area contributed by atoms with Crippen molar-refractivity contribution >= 4 is 5.97 Å². The molecule has 14 heavy (non-hydrogen) atoms. The lowest BCUT2D eigenvalue weighted by Crippen LogP contribution is -1.84. The minimum Gasteiger partial charge on any atom is -0.478 e.